The molecule has 0 fully saturated rings. The van der Waals surface area contributed by atoms with Gasteiger partial charge in [-0.05, 0) is 155 Å². The van der Waals surface area contributed by atoms with E-state index < -0.39 is 0 Å². The lowest BCUT2D eigenvalue weighted by Crippen LogP contribution is -2.24. The third kappa shape index (κ3) is 6.03. The molecule has 330 valence electrons. The van der Waals surface area contributed by atoms with Crippen LogP contribution in [-0.4, -0.2) is 14.1 Å². The van der Waals surface area contributed by atoms with Gasteiger partial charge in [-0.2, -0.15) is 0 Å². The highest BCUT2D eigenvalue weighted by atomic mass is 15.3. The number of nitrogens with zero attached hydrogens (tertiary/aromatic N) is 4. The molecule has 0 saturated heterocycles. The van der Waals surface area contributed by atoms with Gasteiger partial charge in [0.25, 0.3) is 0 Å². The van der Waals surface area contributed by atoms with E-state index in [1.54, 1.807) is 0 Å². The molecule has 0 aliphatic carbocycles. The van der Waals surface area contributed by atoms with Gasteiger partial charge in [-0.15, -0.1) is 0 Å². The number of benzene rings is 12. The molecule has 0 amide bonds. The Morgan fingerprint density at radius 2 is 0.657 bits per heavy atom. The summed E-state index contributed by atoms with van der Waals surface area (Å²) in [6, 6.07) is 89.8. The van der Waals surface area contributed by atoms with Crippen molar-refractivity contribution >= 4 is 100.0 Å². The predicted octanol–water partition coefficient (Wildman–Crippen LogP) is 18.4. The Balaban J connectivity index is 1.12. The second kappa shape index (κ2) is 15.7. The zero-order chi connectivity index (χ0) is 46.5. The summed E-state index contributed by atoms with van der Waals surface area (Å²) in [5.74, 6) is 0. The van der Waals surface area contributed by atoms with Crippen molar-refractivity contribution in [1.29, 1.82) is 0 Å². The maximum absolute atomic E-state index is 2.47. The first-order valence-corrected chi connectivity index (χ1v) is 24.1. The van der Waals surface area contributed by atoms with Crippen LogP contribution in [0.1, 0.15) is 0 Å². The molecular formula is C66H46N4. The van der Waals surface area contributed by atoms with Crippen LogP contribution in [0.3, 0.4) is 0 Å². The summed E-state index contributed by atoms with van der Waals surface area (Å²) in [5.41, 5.74) is 18.7. The molecule has 2 heterocycles. The fourth-order valence-electron chi connectivity index (χ4n) is 11.6. The van der Waals surface area contributed by atoms with Crippen molar-refractivity contribution in [2.24, 2.45) is 0 Å². The topological polar surface area (TPSA) is 13.0 Å². The van der Waals surface area contributed by atoms with Crippen LogP contribution in [0.2, 0.25) is 0 Å². The van der Waals surface area contributed by atoms with Crippen LogP contribution < -0.4 is 19.6 Å². The molecule has 70 heavy (non-hydrogen) atoms. The van der Waals surface area contributed by atoms with E-state index in [4.69, 9.17) is 0 Å². The van der Waals surface area contributed by atoms with Crippen LogP contribution in [0, 0.1) is 0 Å². The Morgan fingerprint density at radius 3 is 1.23 bits per heavy atom. The number of hydrogen-bond donors (Lipinski definition) is 0. The lowest BCUT2D eigenvalue weighted by Gasteiger charge is -2.39. The predicted molar refractivity (Wildman–Crippen MR) is 298 cm³/mol. The number of anilines is 10. The summed E-state index contributed by atoms with van der Waals surface area (Å²) in [6.07, 6.45) is 0. The van der Waals surface area contributed by atoms with Gasteiger partial charge in [-0.25, -0.2) is 0 Å². The van der Waals surface area contributed by atoms with Gasteiger partial charge >= 0.3 is 0 Å². The first-order chi connectivity index (χ1) is 34.6. The summed E-state index contributed by atoms with van der Waals surface area (Å²) in [5, 5.41) is 9.68. The summed E-state index contributed by atoms with van der Waals surface area (Å²) in [7, 11) is 4.35. The third-order valence-corrected chi connectivity index (χ3v) is 14.9. The molecule has 0 bridgehead atoms. The monoisotopic (exact) mass is 894 g/mol. The average molecular weight is 895 g/mol. The number of fused-ring (bicyclic) bond motifs is 8. The van der Waals surface area contributed by atoms with Gasteiger partial charge < -0.3 is 19.6 Å². The summed E-state index contributed by atoms with van der Waals surface area (Å²) in [6.45, 7) is 0. The van der Waals surface area contributed by atoms with E-state index in [2.05, 4.69) is 276 Å². The van der Waals surface area contributed by atoms with Crippen molar-refractivity contribution in [2.45, 2.75) is 0 Å². The minimum Gasteiger partial charge on any atom is -0.341 e. The molecule has 14 rings (SSSR count). The first kappa shape index (κ1) is 40.0. The number of rotatable bonds is 5. The normalized spacial score (nSPS) is 12.9. The molecule has 4 nitrogen and oxygen atoms in total. The third-order valence-electron chi connectivity index (χ3n) is 14.9. The molecule has 12 aromatic carbocycles. The van der Waals surface area contributed by atoms with Gasteiger partial charge in [-0.3, -0.25) is 0 Å². The maximum Gasteiger partial charge on any atom is 0.0699 e. The van der Waals surface area contributed by atoms with Crippen LogP contribution in [-0.2, 0) is 0 Å². The van der Waals surface area contributed by atoms with Gasteiger partial charge in [0.15, 0.2) is 0 Å². The molecule has 0 aromatic heterocycles. The van der Waals surface area contributed by atoms with Gasteiger partial charge in [0, 0.05) is 25.5 Å². The van der Waals surface area contributed by atoms with Gasteiger partial charge in [0.05, 0.1) is 45.5 Å². The van der Waals surface area contributed by atoms with E-state index in [1.165, 1.54) is 87.8 Å². The standard InChI is InChI=1S/C66H46N4/c1-67-57-26-9-13-30-61(57)69(62-31-14-10-27-58(62)67)47-37-39-54-55(41-47)65(46-35-34-43-18-3-4-20-45(43)40-46)53-38-36-48(70-63-32-15-11-28-59(63)68(2)60-29-12-16-33-64(60)70)42-56(53)66(54)52-24-8-7-23-51(52)50-25-17-21-44-19-5-6-22-49(44)50/h3-42H,1-2H3. The second-order valence-corrected chi connectivity index (χ2v) is 18.6. The molecule has 0 radical (unpaired) electrons. The Kier molecular flexibility index (Phi) is 8.99. The van der Waals surface area contributed by atoms with Crippen LogP contribution in [0.5, 0.6) is 0 Å². The van der Waals surface area contributed by atoms with Crippen LogP contribution >= 0.6 is 0 Å². The summed E-state index contributed by atoms with van der Waals surface area (Å²) >= 11 is 0. The van der Waals surface area contributed by atoms with Gasteiger partial charge in [0.1, 0.15) is 0 Å². The lowest BCUT2D eigenvalue weighted by molar-refractivity contribution is 1.13. The van der Waals surface area contributed by atoms with Crippen molar-refractivity contribution in [1.82, 2.24) is 0 Å². The first-order valence-electron chi connectivity index (χ1n) is 24.1. The van der Waals surface area contributed by atoms with Gasteiger partial charge in [-0.1, -0.05) is 164 Å². The van der Waals surface area contributed by atoms with E-state index in [1.807, 2.05) is 0 Å². The Bertz CT molecular complexity index is 4000. The SMILES string of the molecule is CN1c2ccccc2N(c2ccc3c(-c4ccccc4-c4cccc5ccccc45)c4cc(N5c6ccccc6N(C)c6ccccc65)ccc4c(-c4ccc5ccccc5c4)c3c2)c2ccccc21. The quantitative estimate of drug-likeness (QED) is 0.160. The van der Waals surface area contributed by atoms with Crippen LogP contribution in [0.25, 0.3) is 76.5 Å². The molecule has 0 spiro atoms. The molecule has 0 atom stereocenters. The molecule has 4 heteroatoms. The van der Waals surface area contributed by atoms with E-state index in [0.29, 0.717) is 0 Å². The molecule has 2 aliphatic rings. The molecule has 2 aliphatic heterocycles. The molecule has 12 aromatic rings. The fourth-order valence-corrected chi connectivity index (χ4v) is 11.6. The lowest BCUT2D eigenvalue weighted by atomic mass is 9.82. The minimum absolute atomic E-state index is 1.11. The van der Waals surface area contributed by atoms with Crippen LogP contribution in [0.4, 0.5) is 56.9 Å². The Morgan fingerprint density at radius 1 is 0.243 bits per heavy atom. The highest BCUT2D eigenvalue weighted by Gasteiger charge is 2.31. The Hall–Kier alpha value is -9.12. The molecular weight excluding hydrogens is 849 g/mol. The van der Waals surface area contributed by atoms with Crippen molar-refractivity contribution in [2.75, 3.05) is 33.7 Å². The highest BCUT2D eigenvalue weighted by Crippen LogP contribution is 2.55. The van der Waals surface area contributed by atoms with E-state index in [9.17, 15) is 0 Å². The summed E-state index contributed by atoms with van der Waals surface area (Å²) in [4.78, 5) is 9.53. The van der Waals surface area contributed by atoms with Crippen molar-refractivity contribution in [3.63, 3.8) is 0 Å². The van der Waals surface area contributed by atoms with E-state index in [0.717, 1.165) is 45.5 Å². The average Bonchev–Trinajstić information content (AvgIpc) is 3.42. The highest BCUT2D eigenvalue weighted by molar-refractivity contribution is 6.24. The zero-order valence-electron chi connectivity index (χ0n) is 38.9. The summed E-state index contributed by atoms with van der Waals surface area (Å²) < 4.78 is 0. The maximum atomic E-state index is 2.47. The largest absolute Gasteiger partial charge is 0.341 e. The smallest absolute Gasteiger partial charge is 0.0699 e. The minimum atomic E-state index is 1.11. The van der Waals surface area contributed by atoms with E-state index in [-0.39, 0.29) is 0 Å². The van der Waals surface area contributed by atoms with Crippen molar-refractivity contribution in [3.8, 4) is 33.4 Å². The van der Waals surface area contributed by atoms with Crippen LogP contribution in [0.15, 0.2) is 243 Å². The Labute approximate surface area is 407 Å². The van der Waals surface area contributed by atoms with E-state index >= 15 is 0 Å². The van der Waals surface area contributed by atoms with Crippen molar-refractivity contribution in [3.05, 3.63) is 243 Å². The number of para-hydroxylation sites is 8. The molecule has 0 saturated carbocycles. The van der Waals surface area contributed by atoms with Crippen molar-refractivity contribution < 1.29 is 0 Å². The molecule has 0 unspecified atom stereocenters. The fraction of sp³-hybridized carbons (Fsp3) is 0.0303. The van der Waals surface area contributed by atoms with Gasteiger partial charge in [0.2, 0.25) is 0 Å². The second-order valence-electron chi connectivity index (χ2n) is 18.6. The number of hydrogen-bond acceptors (Lipinski definition) is 4. The zero-order valence-corrected chi connectivity index (χ0v) is 38.9. The molecule has 0 N–H and O–H groups in total.